The third-order valence-electron chi connectivity index (χ3n) is 4.59. The SMILES string of the molecule is CCNC(=NCCNC(=O)c1ccc(Cl)c(Cl)c1)N1CCC(C(=O)OCC)CC1.I. The van der Waals surface area contributed by atoms with E-state index in [-0.39, 0.29) is 41.8 Å². The average Bonchev–Trinajstić information content (AvgIpc) is 2.72. The minimum absolute atomic E-state index is 0. The van der Waals surface area contributed by atoms with Gasteiger partial charge in [0.05, 0.1) is 29.1 Å². The van der Waals surface area contributed by atoms with Crippen LogP contribution >= 0.6 is 47.2 Å². The van der Waals surface area contributed by atoms with Gasteiger partial charge in [0.2, 0.25) is 0 Å². The van der Waals surface area contributed by atoms with Gasteiger partial charge in [-0.05, 0) is 44.9 Å². The van der Waals surface area contributed by atoms with Gasteiger partial charge >= 0.3 is 5.97 Å². The summed E-state index contributed by atoms with van der Waals surface area (Å²) in [5.41, 5.74) is 0.455. The van der Waals surface area contributed by atoms with E-state index in [0.717, 1.165) is 38.4 Å². The van der Waals surface area contributed by atoms with E-state index in [0.29, 0.717) is 35.3 Å². The van der Waals surface area contributed by atoms with Crippen LogP contribution in [0, 0.1) is 5.92 Å². The number of guanidine groups is 1. The van der Waals surface area contributed by atoms with E-state index in [4.69, 9.17) is 27.9 Å². The Morgan fingerprint density at radius 3 is 2.47 bits per heavy atom. The first-order chi connectivity index (χ1) is 14.0. The second-order valence-electron chi connectivity index (χ2n) is 6.63. The molecule has 0 aromatic heterocycles. The van der Waals surface area contributed by atoms with Crippen molar-refractivity contribution in [1.29, 1.82) is 0 Å². The molecule has 1 amide bonds. The second-order valence-corrected chi connectivity index (χ2v) is 7.45. The van der Waals surface area contributed by atoms with Crippen molar-refractivity contribution in [2.24, 2.45) is 10.9 Å². The number of ether oxygens (including phenoxy) is 1. The minimum atomic E-state index is -0.223. The van der Waals surface area contributed by atoms with E-state index in [1.807, 2.05) is 13.8 Å². The number of aliphatic imine (C=N–C) groups is 1. The molecule has 1 heterocycles. The maximum Gasteiger partial charge on any atom is 0.309 e. The summed E-state index contributed by atoms with van der Waals surface area (Å²) in [4.78, 5) is 30.8. The summed E-state index contributed by atoms with van der Waals surface area (Å²) in [5.74, 6) is 0.413. The Hall–Kier alpha value is -1.26. The number of nitrogens with zero attached hydrogens (tertiary/aromatic N) is 2. The van der Waals surface area contributed by atoms with Gasteiger partial charge in [-0.2, -0.15) is 0 Å². The molecule has 0 spiro atoms. The number of hydrogen-bond acceptors (Lipinski definition) is 4. The summed E-state index contributed by atoms with van der Waals surface area (Å²) < 4.78 is 5.12. The molecule has 0 atom stereocenters. The fourth-order valence-electron chi connectivity index (χ4n) is 3.08. The summed E-state index contributed by atoms with van der Waals surface area (Å²) in [7, 11) is 0. The van der Waals surface area contributed by atoms with Crippen LogP contribution in [-0.2, 0) is 9.53 Å². The van der Waals surface area contributed by atoms with Crippen LogP contribution in [-0.4, -0.2) is 62.1 Å². The Morgan fingerprint density at radius 2 is 1.87 bits per heavy atom. The van der Waals surface area contributed by atoms with Gasteiger partial charge in [0, 0.05) is 31.7 Å². The van der Waals surface area contributed by atoms with Crippen LogP contribution in [0.5, 0.6) is 0 Å². The lowest BCUT2D eigenvalue weighted by Crippen LogP contribution is -2.47. The Labute approximate surface area is 204 Å². The number of amides is 1. The summed E-state index contributed by atoms with van der Waals surface area (Å²) in [6.07, 6.45) is 1.49. The summed E-state index contributed by atoms with van der Waals surface area (Å²) in [5, 5.41) is 6.85. The van der Waals surface area contributed by atoms with Gasteiger partial charge in [-0.3, -0.25) is 14.6 Å². The maximum atomic E-state index is 12.2. The lowest BCUT2D eigenvalue weighted by atomic mass is 9.97. The smallest absolute Gasteiger partial charge is 0.309 e. The minimum Gasteiger partial charge on any atom is -0.466 e. The number of hydrogen-bond donors (Lipinski definition) is 2. The van der Waals surface area contributed by atoms with Crippen molar-refractivity contribution in [2.45, 2.75) is 26.7 Å². The van der Waals surface area contributed by atoms with Gasteiger partial charge < -0.3 is 20.3 Å². The molecule has 0 aliphatic carbocycles. The number of rotatable bonds is 7. The Morgan fingerprint density at radius 1 is 1.17 bits per heavy atom. The van der Waals surface area contributed by atoms with Crippen LogP contribution in [0.4, 0.5) is 0 Å². The molecule has 168 valence electrons. The Balaban J connectivity index is 0.00000450. The van der Waals surface area contributed by atoms with E-state index in [2.05, 4.69) is 20.5 Å². The van der Waals surface area contributed by atoms with Crippen LogP contribution in [0.3, 0.4) is 0 Å². The van der Waals surface area contributed by atoms with Crippen molar-refractivity contribution < 1.29 is 14.3 Å². The topological polar surface area (TPSA) is 83.0 Å². The highest BCUT2D eigenvalue weighted by Crippen LogP contribution is 2.22. The molecular formula is C20H29Cl2IN4O3. The van der Waals surface area contributed by atoms with Gasteiger partial charge in [0.25, 0.3) is 5.91 Å². The van der Waals surface area contributed by atoms with Gasteiger partial charge in [-0.1, -0.05) is 23.2 Å². The van der Waals surface area contributed by atoms with Crippen molar-refractivity contribution in [2.75, 3.05) is 39.3 Å². The number of carbonyl (C=O) groups excluding carboxylic acids is 2. The molecule has 0 bridgehead atoms. The van der Waals surface area contributed by atoms with Crippen LogP contribution in [0.15, 0.2) is 23.2 Å². The van der Waals surface area contributed by atoms with Crippen molar-refractivity contribution >= 4 is 65.0 Å². The summed E-state index contributed by atoms with van der Waals surface area (Å²) >= 11 is 11.8. The normalized spacial score (nSPS) is 14.7. The number of likely N-dealkylation sites (tertiary alicyclic amines) is 1. The molecule has 1 aromatic carbocycles. The van der Waals surface area contributed by atoms with Crippen molar-refractivity contribution in [1.82, 2.24) is 15.5 Å². The highest BCUT2D eigenvalue weighted by molar-refractivity contribution is 14.0. The average molecular weight is 571 g/mol. The molecule has 0 saturated carbocycles. The number of esters is 1. The molecule has 1 saturated heterocycles. The molecule has 1 aliphatic heterocycles. The Bertz CT molecular complexity index is 741. The highest BCUT2D eigenvalue weighted by atomic mass is 127. The zero-order valence-electron chi connectivity index (χ0n) is 17.2. The first kappa shape index (κ1) is 26.8. The second kappa shape index (κ2) is 13.9. The number of piperidine rings is 1. The van der Waals surface area contributed by atoms with Crippen LogP contribution in [0.25, 0.3) is 0 Å². The van der Waals surface area contributed by atoms with E-state index in [9.17, 15) is 9.59 Å². The standard InChI is InChI=1S/C20H28Cl2N4O3.HI/c1-3-23-20(26-11-7-14(8-12-26)19(28)29-4-2)25-10-9-24-18(27)15-5-6-16(21)17(22)13-15;/h5-6,13-14H,3-4,7-12H2,1-2H3,(H,23,25)(H,24,27);1H. The Kier molecular flexibility index (Phi) is 12.4. The van der Waals surface area contributed by atoms with Gasteiger partial charge in [-0.15, -0.1) is 24.0 Å². The number of benzene rings is 1. The first-order valence-electron chi connectivity index (χ1n) is 9.89. The first-order valence-corrected chi connectivity index (χ1v) is 10.6. The fraction of sp³-hybridized carbons (Fsp3) is 0.550. The van der Waals surface area contributed by atoms with E-state index in [1.165, 1.54) is 0 Å². The number of carbonyl (C=O) groups is 2. The molecule has 0 radical (unpaired) electrons. The van der Waals surface area contributed by atoms with Gasteiger partial charge in [-0.25, -0.2) is 0 Å². The van der Waals surface area contributed by atoms with E-state index >= 15 is 0 Å². The maximum absolute atomic E-state index is 12.2. The van der Waals surface area contributed by atoms with Gasteiger partial charge in [0.15, 0.2) is 5.96 Å². The van der Waals surface area contributed by atoms with Gasteiger partial charge in [0.1, 0.15) is 0 Å². The van der Waals surface area contributed by atoms with Crippen molar-refractivity contribution in [3.8, 4) is 0 Å². The molecular weight excluding hydrogens is 542 g/mol. The lowest BCUT2D eigenvalue weighted by Gasteiger charge is -2.33. The van der Waals surface area contributed by atoms with E-state index < -0.39 is 0 Å². The zero-order chi connectivity index (χ0) is 21.2. The van der Waals surface area contributed by atoms with Crippen molar-refractivity contribution in [3.05, 3.63) is 33.8 Å². The largest absolute Gasteiger partial charge is 0.466 e. The number of halogens is 3. The quantitative estimate of drug-likeness (QED) is 0.172. The zero-order valence-corrected chi connectivity index (χ0v) is 21.1. The molecule has 2 rings (SSSR count). The monoisotopic (exact) mass is 570 g/mol. The molecule has 10 heteroatoms. The third kappa shape index (κ3) is 8.11. The molecule has 1 aliphatic rings. The summed E-state index contributed by atoms with van der Waals surface area (Å²) in [6, 6.07) is 4.77. The van der Waals surface area contributed by atoms with Crippen molar-refractivity contribution in [3.63, 3.8) is 0 Å². The molecule has 0 unspecified atom stereocenters. The third-order valence-corrected chi connectivity index (χ3v) is 5.33. The predicted molar refractivity (Wildman–Crippen MR) is 131 cm³/mol. The number of nitrogens with one attached hydrogen (secondary N) is 2. The van der Waals surface area contributed by atoms with Crippen LogP contribution in [0.1, 0.15) is 37.0 Å². The lowest BCUT2D eigenvalue weighted by molar-refractivity contribution is -0.149. The van der Waals surface area contributed by atoms with Crippen LogP contribution in [0.2, 0.25) is 10.0 Å². The molecule has 30 heavy (non-hydrogen) atoms. The molecule has 1 aromatic rings. The summed E-state index contributed by atoms with van der Waals surface area (Å²) in [6.45, 7) is 7.30. The molecule has 2 N–H and O–H groups in total. The molecule has 1 fully saturated rings. The predicted octanol–water partition coefficient (Wildman–Crippen LogP) is 3.58. The fourth-order valence-corrected chi connectivity index (χ4v) is 3.38. The van der Waals surface area contributed by atoms with Crippen LogP contribution < -0.4 is 10.6 Å². The van der Waals surface area contributed by atoms with E-state index in [1.54, 1.807) is 18.2 Å². The highest BCUT2D eigenvalue weighted by Gasteiger charge is 2.27. The molecule has 7 nitrogen and oxygen atoms in total.